The first-order valence-corrected chi connectivity index (χ1v) is 6.11. The van der Waals surface area contributed by atoms with Crippen LogP contribution in [0.1, 0.15) is 16.7 Å². The standard InChI is InChI=1S/C14H22N2O2/c1-10-7-11(2)14(12(3)8-10)15-13(18)9-16(4)5-6-17/h7-8,17H,5-6,9H2,1-4H3,(H,15,18). The highest BCUT2D eigenvalue weighted by Crippen LogP contribution is 2.21. The average Bonchev–Trinajstić information content (AvgIpc) is 2.23. The van der Waals surface area contributed by atoms with Gasteiger partial charge in [-0.05, 0) is 38.9 Å². The minimum atomic E-state index is -0.0546. The van der Waals surface area contributed by atoms with Crippen LogP contribution in [0.2, 0.25) is 0 Å². The van der Waals surface area contributed by atoms with Gasteiger partial charge in [-0.3, -0.25) is 9.69 Å². The molecule has 1 aromatic rings. The fourth-order valence-corrected chi connectivity index (χ4v) is 2.05. The lowest BCUT2D eigenvalue weighted by molar-refractivity contribution is -0.117. The van der Waals surface area contributed by atoms with Crippen molar-refractivity contribution < 1.29 is 9.90 Å². The van der Waals surface area contributed by atoms with Crippen LogP contribution in [0.4, 0.5) is 5.69 Å². The first-order chi connectivity index (χ1) is 8.43. The smallest absolute Gasteiger partial charge is 0.238 e. The molecule has 0 aliphatic carbocycles. The van der Waals surface area contributed by atoms with E-state index >= 15 is 0 Å². The lowest BCUT2D eigenvalue weighted by Crippen LogP contribution is -2.32. The Bertz CT molecular complexity index is 407. The van der Waals surface area contributed by atoms with Gasteiger partial charge in [0, 0.05) is 12.2 Å². The number of benzene rings is 1. The Hall–Kier alpha value is -1.39. The molecule has 18 heavy (non-hydrogen) atoms. The van der Waals surface area contributed by atoms with Gasteiger partial charge in [0.1, 0.15) is 0 Å². The van der Waals surface area contributed by atoms with Gasteiger partial charge in [-0.2, -0.15) is 0 Å². The number of likely N-dealkylation sites (N-methyl/N-ethyl adjacent to an activating group) is 1. The predicted molar refractivity (Wildman–Crippen MR) is 73.9 cm³/mol. The van der Waals surface area contributed by atoms with Crippen molar-refractivity contribution in [2.45, 2.75) is 20.8 Å². The molecule has 1 aromatic carbocycles. The maximum Gasteiger partial charge on any atom is 0.238 e. The Labute approximate surface area is 109 Å². The highest BCUT2D eigenvalue weighted by atomic mass is 16.3. The zero-order valence-electron chi connectivity index (χ0n) is 11.6. The molecule has 1 rings (SSSR count). The normalized spacial score (nSPS) is 10.8. The maximum absolute atomic E-state index is 11.9. The first kappa shape index (κ1) is 14.7. The molecule has 0 heterocycles. The second-order valence-corrected chi connectivity index (χ2v) is 4.78. The molecule has 0 saturated heterocycles. The van der Waals surface area contributed by atoms with E-state index in [1.807, 2.05) is 27.8 Å². The molecule has 4 nitrogen and oxygen atoms in total. The lowest BCUT2D eigenvalue weighted by Gasteiger charge is -2.17. The van der Waals surface area contributed by atoms with E-state index in [0.717, 1.165) is 16.8 Å². The van der Waals surface area contributed by atoms with Crippen molar-refractivity contribution in [1.82, 2.24) is 4.90 Å². The number of nitrogens with one attached hydrogen (secondary N) is 1. The predicted octanol–water partition coefficient (Wildman–Crippen LogP) is 1.47. The summed E-state index contributed by atoms with van der Waals surface area (Å²) in [4.78, 5) is 13.6. The van der Waals surface area contributed by atoms with E-state index in [2.05, 4.69) is 17.4 Å². The molecule has 4 heteroatoms. The van der Waals surface area contributed by atoms with Crippen molar-refractivity contribution in [3.05, 3.63) is 28.8 Å². The van der Waals surface area contributed by atoms with Crippen LogP contribution in [-0.4, -0.2) is 42.7 Å². The molecule has 0 atom stereocenters. The molecule has 0 spiro atoms. The van der Waals surface area contributed by atoms with Crippen LogP contribution in [0.5, 0.6) is 0 Å². The van der Waals surface area contributed by atoms with E-state index in [9.17, 15) is 4.79 Å². The van der Waals surface area contributed by atoms with Crippen LogP contribution in [0.15, 0.2) is 12.1 Å². The fourth-order valence-electron chi connectivity index (χ4n) is 2.05. The third-order valence-corrected chi connectivity index (χ3v) is 2.84. The van der Waals surface area contributed by atoms with Crippen molar-refractivity contribution in [1.29, 1.82) is 0 Å². The summed E-state index contributed by atoms with van der Waals surface area (Å²) in [7, 11) is 1.81. The molecular weight excluding hydrogens is 228 g/mol. The monoisotopic (exact) mass is 250 g/mol. The fraction of sp³-hybridized carbons (Fsp3) is 0.500. The number of rotatable bonds is 5. The Kier molecular flexibility index (Phi) is 5.31. The average molecular weight is 250 g/mol. The zero-order valence-corrected chi connectivity index (χ0v) is 11.6. The number of hydrogen-bond acceptors (Lipinski definition) is 3. The van der Waals surface area contributed by atoms with Crippen molar-refractivity contribution >= 4 is 11.6 Å². The third-order valence-electron chi connectivity index (χ3n) is 2.84. The number of aliphatic hydroxyl groups is 1. The number of hydrogen-bond donors (Lipinski definition) is 2. The molecule has 0 aliphatic rings. The van der Waals surface area contributed by atoms with Gasteiger partial charge in [-0.1, -0.05) is 17.7 Å². The molecule has 0 radical (unpaired) electrons. The molecule has 0 aliphatic heterocycles. The first-order valence-electron chi connectivity index (χ1n) is 6.11. The van der Waals surface area contributed by atoms with Gasteiger partial charge < -0.3 is 10.4 Å². The highest BCUT2D eigenvalue weighted by molar-refractivity contribution is 5.93. The molecule has 0 aromatic heterocycles. The van der Waals surface area contributed by atoms with Gasteiger partial charge in [0.15, 0.2) is 0 Å². The summed E-state index contributed by atoms with van der Waals surface area (Å²) in [6.45, 7) is 6.87. The number of carbonyl (C=O) groups is 1. The van der Waals surface area contributed by atoms with E-state index in [0.29, 0.717) is 6.54 Å². The molecule has 0 bridgehead atoms. The summed E-state index contributed by atoms with van der Waals surface area (Å²) < 4.78 is 0. The topological polar surface area (TPSA) is 52.6 Å². The molecule has 0 saturated carbocycles. The van der Waals surface area contributed by atoms with Crippen LogP contribution in [-0.2, 0) is 4.79 Å². The summed E-state index contributed by atoms with van der Waals surface area (Å²) in [6.07, 6.45) is 0. The molecule has 0 fully saturated rings. The van der Waals surface area contributed by atoms with Crippen LogP contribution in [0.3, 0.4) is 0 Å². The van der Waals surface area contributed by atoms with Gasteiger partial charge in [-0.15, -0.1) is 0 Å². The van der Waals surface area contributed by atoms with E-state index in [1.165, 1.54) is 5.56 Å². The Balaban J connectivity index is 2.70. The number of anilines is 1. The summed E-state index contributed by atoms with van der Waals surface area (Å²) >= 11 is 0. The quantitative estimate of drug-likeness (QED) is 0.832. The molecular formula is C14H22N2O2. The minimum Gasteiger partial charge on any atom is -0.395 e. The second-order valence-electron chi connectivity index (χ2n) is 4.78. The lowest BCUT2D eigenvalue weighted by atomic mass is 10.1. The van der Waals surface area contributed by atoms with Crippen molar-refractivity contribution in [2.24, 2.45) is 0 Å². The number of nitrogens with zero attached hydrogens (tertiary/aromatic N) is 1. The third kappa shape index (κ3) is 4.13. The number of aryl methyl sites for hydroxylation is 3. The maximum atomic E-state index is 11.9. The van der Waals surface area contributed by atoms with Crippen LogP contribution < -0.4 is 5.32 Å². The zero-order chi connectivity index (χ0) is 13.7. The van der Waals surface area contributed by atoms with Crippen LogP contribution >= 0.6 is 0 Å². The van der Waals surface area contributed by atoms with E-state index in [-0.39, 0.29) is 19.1 Å². The number of amides is 1. The van der Waals surface area contributed by atoms with Crippen molar-refractivity contribution in [3.8, 4) is 0 Å². The van der Waals surface area contributed by atoms with E-state index in [1.54, 1.807) is 4.90 Å². The Morgan fingerprint density at radius 3 is 2.33 bits per heavy atom. The van der Waals surface area contributed by atoms with Gasteiger partial charge in [0.25, 0.3) is 0 Å². The van der Waals surface area contributed by atoms with Crippen LogP contribution in [0, 0.1) is 20.8 Å². The van der Waals surface area contributed by atoms with E-state index < -0.39 is 0 Å². The minimum absolute atomic E-state index is 0.0546. The Morgan fingerprint density at radius 1 is 1.28 bits per heavy atom. The summed E-state index contributed by atoms with van der Waals surface area (Å²) in [5.41, 5.74) is 4.24. The number of carbonyl (C=O) groups excluding carboxylic acids is 1. The largest absolute Gasteiger partial charge is 0.395 e. The number of aliphatic hydroxyl groups excluding tert-OH is 1. The van der Waals surface area contributed by atoms with Gasteiger partial charge in [-0.25, -0.2) is 0 Å². The molecule has 100 valence electrons. The van der Waals surface area contributed by atoms with Crippen molar-refractivity contribution in [2.75, 3.05) is 32.1 Å². The van der Waals surface area contributed by atoms with Gasteiger partial charge >= 0.3 is 0 Å². The van der Waals surface area contributed by atoms with Gasteiger partial charge in [0.2, 0.25) is 5.91 Å². The molecule has 1 amide bonds. The van der Waals surface area contributed by atoms with Gasteiger partial charge in [0.05, 0.1) is 13.2 Å². The second kappa shape index (κ2) is 6.52. The Morgan fingerprint density at radius 2 is 1.83 bits per heavy atom. The SMILES string of the molecule is Cc1cc(C)c(NC(=O)CN(C)CCO)c(C)c1. The highest BCUT2D eigenvalue weighted by Gasteiger charge is 2.10. The molecule has 2 N–H and O–H groups in total. The summed E-state index contributed by atoms with van der Waals surface area (Å²) in [5.74, 6) is -0.0546. The summed E-state index contributed by atoms with van der Waals surface area (Å²) in [5, 5.41) is 11.7. The summed E-state index contributed by atoms with van der Waals surface area (Å²) in [6, 6.07) is 4.11. The van der Waals surface area contributed by atoms with Crippen LogP contribution in [0.25, 0.3) is 0 Å². The van der Waals surface area contributed by atoms with Crippen molar-refractivity contribution in [3.63, 3.8) is 0 Å². The van der Waals surface area contributed by atoms with E-state index in [4.69, 9.17) is 5.11 Å². The molecule has 0 unspecified atom stereocenters.